The highest BCUT2D eigenvalue weighted by Gasteiger charge is 2.44. The summed E-state index contributed by atoms with van der Waals surface area (Å²) in [6.45, 7) is 5.66. The maximum absolute atomic E-state index is 13.1. The van der Waals surface area contributed by atoms with Gasteiger partial charge in [0.2, 0.25) is 0 Å². The van der Waals surface area contributed by atoms with Crippen molar-refractivity contribution in [1.29, 1.82) is 0 Å². The van der Waals surface area contributed by atoms with Crippen LogP contribution in [0, 0.1) is 5.82 Å². The molecule has 0 aliphatic carbocycles. The fraction of sp³-hybridized carbons (Fsp3) is 0.333. The molecule has 5 nitrogen and oxygen atoms in total. The Kier molecular flexibility index (Phi) is 5.28. The minimum atomic E-state index is -0.973. The minimum Gasteiger partial charge on any atom is -0.387 e. The number of carbonyl (C=O) groups excluding carboxylic acids is 2. The van der Waals surface area contributed by atoms with Gasteiger partial charge in [0, 0.05) is 5.69 Å². The van der Waals surface area contributed by atoms with Gasteiger partial charge in [-0.1, -0.05) is 38.1 Å². The molecule has 1 aliphatic rings. The van der Waals surface area contributed by atoms with E-state index in [9.17, 15) is 19.1 Å². The van der Waals surface area contributed by atoms with E-state index in [0.717, 1.165) is 10.5 Å². The Balaban J connectivity index is 1.77. The molecule has 2 aromatic carbocycles. The number of halogens is 1. The molecule has 2 aromatic rings. The molecule has 1 fully saturated rings. The van der Waals surface area contributed by atoms with Gasteiger partial charge in [-0.2, -0.15) is 0 Å². The lowest BCUT2D eigenvalue weighted by Gasteiger charge is -2.21. The van der Waals surface area contributed by atoms with Crippen molar-refractivity contribution in [3.63, 3.8) is 0 Å². The van der Waals surface area contributed by atoms with E-state index in [-0.39, 0.29) is 12.5 Å². The lowest BCUT2D eigenvalue weighted by Crippen LogP contribution is -2.36. The first kappa shape index (κ1) is 19.0. The molecule has 6 heteroatoms. The first-order chi connectivity index (χ1) is 12.8. The summed E-state index contributed by atoms with van der Waals surface area (Å²) < 4.78 is 13.1. The Hall–Kier alpha value is -2.73. The molecule has 0 bridgehead atoms. The Morgan fingerprint density at radius 1 is 1.00 bits per heavy atom. The number of β-amino-alcohol motifs (C(OH)–C–C–N with tert-alkyl or cyclic N) is 1. The van der Waals surface area contributed by atoms with E-state index in [1.54, 1.807) is 6.92 Å². The number of imide groups is 1. The van der Waals surface area contributed by atoms with Gasteiger partial charge in [-0.25, -0.2) is 9.18 Å². The first-order valence-electron chi connectivity index (χ1n) is 8.97. The number of urea groups is 1. The zero-order valence-corrected chi connectivity index (χ0v) is 15.6. The molecule has 1 N–H and O–H groups in total. The normalized spacial score (nSPS) is 18.5. The average molecular weight is 370 g/mol. The van der Waals surface area contributed by atoms with E-state index < -0.39 is 24.0 Å². The van der Waals surface area contributed by atoms with Crippen LogP contribution in [0.4, 0.5) is 14.9 Å². The van der Waals surface area contributed by atoms with Gasteiger partial charge >= 0.3 is 6.03 Å². The topological polar surface area (TPSA) is 60.9 Å². The van der Waals surface area contributed by atoms with Gasteiger partial charge in [-0.05, 0) is 48.2 Å². The van der Waals surface area contributed by atoms with Gasteiger partial charge in [0.25, 0.3) is 5.91 Å². The van der Waals surface area contributed by atoms with Crippen LogP contribution < -0.4 is 4.90 Å². The highest BCUT2D eigenvalue weighted by atomic mass is 19.1. The zero-order chi connectivity index (χ0) is 19.7. The summed E-state index contributed by atoms with van der Waals surface area (Å²) in [6.07, 6.45) is -0.973. The molecule has 142 valence electrons. The van der Waals surface area contributed by atoms with E-state index in [0.29, 0.717) is 17.2 Å². The summed E-state index contributed by atoms with van der Waals surface area (Å²) in [5, 5.41) is 10.5. The number of rotatable bonds is 5. The van der Waals surface area contributed by atoms with Crippen LogP contribution in [-0.4, -0.2) is 34.5 Å². The monoisotopic (exact) mass is 370 g/mol. The fourth-order valence-corrected chi connectivity index (χ4v) is 3.21. The van der Waals surface area contributed by atoms with Crippen molar-refractivity contribution < 1.29 is 19.1 Å². The molecule has 2 unspecified atom stereocenters. The minimum absolute atomic E-state index is 0.124. The van der Waals surface area contributed by atoms with Crippen LogP contribution in [-0.2, 0) is 4.79 Å². The number of amides is 3. The molecule has 2 atom stereocenters. The van der Waals surface area contributed by atoms with Crippen LogP contribution in [0.1, 0.15) is 43.9 Å². The third kappa shape index (κ3) is 3.71. The molecule has 0 spiro atoms. The van der Waals surface area contributed by atoms with Crippen molar-refractivity contribution in [2.24, 2.45) is 0 Å². The predicted octanol–water partition coefficient (Wildman–Crippen LogP) is 3.84. The van der Waals surface area contributed by atoms with Crippen LogP contribution in [0.25, 0.3) is 0 Å². The molecule has 0 radical (unpaired) electrons. The summed E-state index contributed by atoms with van der Waals surface area (Å²) in [7, 11) is 0. The second kappa shape index (κ2) is 7.48. The molecule has 1 saturated heterocycles. The van der Waals surface area contributed by atoms with E-state index in [2.05, 4.69) is 13.8 Å². The van der Waals surface area contributed by atoms with E-state index >= 15 is 0 Å². The van der Waals surface area contributed by atoms with Crippen LogP contribution in [0.2, 0.25) is 0 Å². The SMILES string of the molecule is CC(C)c1ccc(C(O)CN2C(=O)C(C)N(c3ccc(F)cc3)C2=O)cc1. The Morgan fingerprint density at radius 3 is 2.11 bits per heavy atom. The van der Waals surface area contributed by atoms with E-state index in [1.165, 1.54) is 29.2 Å². The number of anilines is 1. The van der Waals surface area contributed by atoms with Crippen molar-refractivity contribution >= 4 is 17.6 Å². The fourth-order valence-electron chi connectivity index (χ4n) is 3.21. The number of aliphatic hydroxyl groups excluding tert-OH is 1. The molecule has 3 amide bonds. The number of aliphatic hydroxyl groups is 1. The van der Waals surface area contributed by atoms with Gasteiger partial charge in [0.15, 0.2) is 0 Å². The molecule has 1 heterocycles. The quantitative estimate of drug-likeness (QED) is 0.814. The van der Waals surface area contributed by atoms with Crippen LogP contribution in [0.15, 0.2) is 48.5 Å². The first-order valence-corrected chi connectivity index (χ1v) is 8.97. The van der Waals surface area contributed by atoms with Crippen LogP contribution in [0.5, 0.6) is 0 Å². The summed E-state index contributed by atoms with van der Waals surface area (Å²) in [5.41, 5.74) is 2.24. The number of hydrogen-bond donors (Lipinski definition) is 1. The van der Waals surface area contributed by atoms with Crippen molar-refractivity contribution in [3.05, 3.63) is 65.5 Å². The maximum Gasteiger partial charge on any atom is 0.332 e. The highest BCUT2D eigenvalue weighted by molar-refractivity contribution is 6.14. The van der Waals surface area contributed by atoms with Gasteiger partial charge in [-0.3, -0.25) is 14.6 Å². The molecule has 1 aliphatic heterocycles. The molecule has 27 heavy (non-hydrogen) atoms. The smallest absolute Gasteiger partial charge is 0.332 e. The number of hydrogen-bond acceptors (Lipinski definition) is 3. The Labute approximate surface area is 158 Å². The Morgan fingerprint density at radius 2 is 1.56 bits per heavy atom. The lowest BCUT2D eigenvalue weighted by atomic mass is 10.00. The van der Waals surface area contributed by atoms with Gasteiger partial charge in [-0.15, -0.1) is 0 Å². The third-order valence-electron chi connectivity index (χ3n) is 4.90. The lowest BCUT2D eigenvalue weighted by molar-refractivity contribution is -0.127. The standard InChI is InChI=1S/C21H23FN2O3/c1-13(2)15-4-6-16(7-5-15)19(25)12-23-20(26)14(3)24(21(23)27)18-10-8-17(22)9-11-18/h4-11,13-14,19,25H,12H2,1-3H3. The van der Waals surface area contributed by atoms with E-state index in [4.69, 9.17) is 0 Å². The predicted molar refractivity (Wildman–Crippen MR) is 101 cm³/mol. The molecule has 0 aromatic heterocycles. The highest BCUT2D eigenvalue weighted by Crippen LogP contribution is 2.28. The average Bonchev–Trinajstić information content (AvgIpc) is 2.86. The molecular weight excluding hydrogens is 347 g/mol. The number of nitrogens with zero attached hydrogens (tertiary/aromatic N) is 2. The van der Waals surface area contributed by atoms with E-state index in [1.807, 2.05) is 24.3 Å². The largest absolute Gasteiger partial charge is 0.387 e. The summed E-state index contributed by atoms with van der Waals surface area (Å²) in [6, 6.07) is 11.7. The van der Waals surface area contributed by atoms with Crippen molar-refractivity contribution in [3.8, 4) is 0 Å². The van der Waals surface area contributed by atoms with Crippen LogP contribution >= 0.6 is 0 Å². The van der Waals surface area contributed by atoms with Crippen molar-refractivity contribution in [1.82, 2.24) is 4.90 Å². The third-order valence-corrected chi connectivity index (χ3v) is 4.90. The molecular formula is C21H23FN2O3. The summed E-state index contributed by atoms with van der Waals surface area (Å²) >= 11 is 0. The van der Waals surface area contributed by atoms with Gasteiger partial charge < -0.3 is 5.11 Å². The van der Waals surface area contributed by atoms with Gasteiger partial charge in [0.05, 0.1) is 12.6 Å². The number of benzene rings is 2. The molecule has 0 saturated carbocycles. The molecule has 3 rings (SSSR count). The van der Waals surface area contributed by atoms with Crippen LogP contribution in [0.3, 0.4) is 0 Å². The van der Waals surface area contributed by atoms with Crippen molar-refractivity contribution in [2.75, 3.05) is 11.4 Å². The Bertz CT molecular complexity index is 834. The zero-order valence-electron chi connectivity index (χ0n) is 15.6. The number of carbonyl (C=O) groups is 2. The second-order valence-corrected chi connectivity index (χ2v) is 7.09. The maximum atomic E-state index is 13.1. The summed E-state index contributed by atoms with van der Waals surface area (Å²) in [5.74, 6) is -0.424. The van der Waals surface area contributed by atoms with Crippen molar-refractivity contribution in [2.45, 2.75) is 38.8 Å². The van der Waals surface area contributed by atoms with Gasteiger partial charge in [0.1, 0.15) is 11.9 Å². The second-order valence-electron chi connectivity index (χ2n) is 7.09. The summed E-state index contributed by atoms with van der Waals surface area (Å²) in [4.78, 5) is 27.7.